The van der Waals surface area contributed by atoms with E-state index in [2.05, 4.69) is 61.6 Å². The molecular weight excluding hydrogens is 254 g/mol. The molecule has 0 aromatic heterocycles. The van der Waals surface area contributed by atoms with Crippen molar-refractivity contribution in [2.45, 2.75) is 32.9 Å². The van der Waals surface area contributed by atoms with E-state index in [4.69, 9.17) is 0 Å². The average molecular weight is 274 g/mol. The lowest BCUT2D eigenvalue weighted by Crippen LogP contribution is -2.33. The van der Waals surface area contributed by atoms with Crippen LogP contribution in [0.25, 0.3) is 11.1 Å². The molecule has 1 unspecified atom stereocenters. The molecule has 0 saturated carbocycles. The van der Waals surface area contributed by atoms with Crippen LogP contribution < -0.4 is 5.32 Å². The van der Waals surface area contributed by atoms with E-state index in [1.807, 2.05) is 0 Å². The van der Waals surface area contributed by atoms with Gasteiger partial charge in [-0.2, -0.15) is 0 Å². The molecule has 0 fully saturated rings. The molecule has 2 heteroatoms. The fraction of sp³-hybridized carbons (Fsp3) is 0.294. The van der Waals surface area contributed by atoms with E-state index in [1.54, 1.807) is 0 Å². The van der Waals surface area contributed by atoms with E-state index < -0.39 is 0 Å². The third-order valence-electron chi connectivity index (χ3n) is 3.72. The van der Waals surface area contributed by atoms with Crippen molar-refractivity contribution in [1.82, 2.24) is 5.32 Å². The summed E-state index contributed by atoms with van der Waals surface area (Å²) in [6.07, 6.45) is 1.14. The van der Waals surface area contributed by atoms with Crippen molar-refractivity contribution in [3.05, 3.63) is 59.2 Å². The van der Waals surface area contributed by atoms with Crippen LogP contribution in [0, 0.1) is 6.92 Å². The van der Waals surface area contributed by atoms with Crippen LogP contribution in [-0.4, -0.2) is 6.04 Å². The maximum atomic E-state index is 3.57. The van der Waals surface area contributed by atoms with Crippen molar-refractivity contribution < 1.29 is 0 Å². The Hall–Kier alpha value is -1.31. The molecular formula is C17H20ClN. The smallest absolute Gasteiger partial charge is 0.0217 e. The number of halogens is 1. The molecule has 2 aromatic rings. The Kier molecular flexibility index (Phi) is 4.28. The van der Waals surface area contributed by atoms with Gasteiger partial charge in [0.25, 0.3) is 0 Å². The lowest BCUT2D eigenvalue weighted by molar-refractivity contribution is 0.514. The van der Waals surface area contributed by atoms with Crippen LogP contribution in [0.5, 0.6) is 0 Å². The lowest BCUT2D eigenvalue weighted by Gasteiger charge is -2.26. The number of benzene rings is 2. The van der Waals surface area contributed by atoms with Gasteiger partial charge in [0.1, 0.15) is 0 Å². The topological polar surface area (TPSA) is 12.0 Å². The predicted molar refractivity (Wildman–Crippen MR) is 83.9 cm³/mol. The quantitative estimate of drug-likeness (QED) is 0.824. The molecule has 1 aliphatic heterocycles. The van der Waals surface area contributed by atoms with Gasteiger partial charge in [0.2, 0.25) is 0 Å². The van der Waals surface area contributed by atoms with Crippen LogP contribution in [0.15, 0.2) is 42.5 Å². The first-order valence-electron chi connectivity index (χ1n) is 6.65. The Morgan fingerprint density at radius 3 is 2.58 bits per heavy atom. The van der Waals surface area contributed by atoms with Gasteiger partial charge in [-0.15, -0.1) is 12.4 Å². The van der Waals surface area contributed by atoms with Gasteiger partial charge in [-0.3, -0.25) is 0 Å². The van der Waals surface area contributed by atoms with Crippen LogP contribution in [0.4, 0.5) is 0 Å². The summed E-state index contributed by atoms with van der Waals surface area (Å²) in [7, 11) is 0. The standard InChI is InChI=1S/C17H19N.ClH/c1-12-8-15-10-13(2)18-11-17(15)16(9-12)14-6-4-3-5-7-14;/h3-9,13,18H,10-11H2,1-2H3;1H. The van der Waals surface area contributed by atoms with E-state index in [-0.39, 0.29) is 12.4 Å². The molecule has 1 N–H and O–H groups in total. The highest BCUT2D eigenvalue weighted by Crippen LogP contribution is 2.30. The summed E-state index contributed by atoms with van der Waals surface area (Å²) < 4.78 is 0. The fourth-order valence-electron chi connectivity index (χ4n) is 2.84. The maximum absolute atomic E-state index is 3.57. The summed E-state index contributed by atoms with van der Waals surface area (Å²) in [5.41, 5.74) is 7.07. The molecule has 0 saturated heterocycles. The van der Waals surface area contributed by atoms with Gasteiger partial charge in [-0.1, -0.05) is 48.0 Å². The second kappa shape index (κ2) is 5.77. The second-order valence-electron chi connectivity index (χ2n) is 5.30. The van der Waals surface area contributed by atoms with Crippen LogP contribution in [0.2, 0.25) is 0 Å². The van der Waals surface area contributed by atoms with E-state index in [1.165, 1.54) is 27.8 Å². The van der Waals surface area contributed by atoms with Gasteiger partial charge in [0.05, 0.1) is 0 Å². The average Bonchev–Trinajstić information content (AvgIpc) is 2.38. The van der Waals surface area contributed by atoms with E-state index >= 15 is 0 Å². The highest BCUT2D eigenvalue weighted by atomic mass is 35.5. The third kappa shape index (κ3) is 2.83. The predicted octanol–water partition coefficient (Wildman–Crippen LogP) is 4.12. The van der Waals surface area contributed by atoms with Crippen LogP contribution >= 0.6 is 12.4 Å². The zero-order valence-corrected chi connectivity index (χ0v) is 12.3. The molecule has 19 heavy (non-hydrogen) atoms. The number of rotatable bonds is 1. The Balaban J connectivity index is 0.00000133. The zero-order valence-electron chi connectivity index (χ0n) is 11.4. The minimum atomic E-state index is 0. The second-order valence-corrected chi connectivity index (χ2v) is 5.30. The first kappa shape index (κ1) is 14.1. The van der Waals surface area contributed by atoms with Gasteiger partial charge in [-0.25, -0.2) is 0 Å². The highest BCUT2D eigenvalue weighted by Gasteiger charge is 2.18. The summed E-state index contributed by atoms with van der Waals surface area (Å²) >= 11 is 0. The summed E-state index contributed by atoms with van der Waals surface area (Å²) in [6.45, 7) is 5.44. The third-order valence-corrected chi connectivity index (χ3v) is 3.72. The molecule has 0 spiro atoms. The van der Waals surface area contributed by atoms with Crippen molar-refractivity contribution in [3.8, 4) is 11.1 Å². The van der Waals surface area contributed by atoms with Crippen molar-refractivity contribution in [2.75, 3.05) is 0 Å². The molecule has 1 heterocycles. The number of hydrogen-bond acceptors (Lipinski definition) is 1. The Bertz CT molecular complexity index is 563. The van der Waals surface area contributed by atoms with Crippen LogP contribution in [0.1, 0.15) is 23.6 Å². The normalized spacial score (nSPS) is 17.5. The molecule has 0 radical (unpaired) electrons. The van der Waals surface area contributed by atoms with Gasteiger partial charge in [-0.05, 0) is 42.5 Å². The molecule has 1 nitrogen and oxygen atoms in total. The Morgan fingerprint density at radius 2 is 1.84 bits per heavy atom. The van der Waals surface area contributed by atoms with Crippen molar-refractivity contribution in [2.24, 2.45) is 0 Å². The minimum Gasteiger partial charge on any atom is -0.310 e. The summed E-state index contributed by atoms with van der Waals surface area (Å²) in [4.78, 5) is 0. The molecule has 100 valence electrons. The summed E-state index contributed by atoms with van der Waals surface area (Å²) in [5.74, 6) is 0. The first-order chi connectivity index (χ1) is 8.74. The molecule has 0 bridgehead atoms. The van der Waals surface area contributed by atoms with Crippen LogP contribution in [-0.2, 0) is 13.0 Å². The molecule has 2 aromatic carbocycles. The highest BCUT2D eigenvalue weighted by molar-refractivity contribution is 5.85. The number of fused-ring (bicyclic) bond motifs is 1. The number of nitrogens with one attached hydrogen (secondary N) is 1. The van der Waals surface area contributed by atoms with E-state index in [0.717, 1.165) is 13.0 Å². The van der Waals surface area contributed by atoms with Crippen molar-refractivity contribution in [1.29, 1.82) is 0 Å². The maximum Gasteiger partial charge on any atom is 0.0217 e. The first-order valence-corrected chi connectivity index (χ1v) is 6.65. The van der Waals surface area contributed by atoms with E-state index in [9.17, 15) is 0 Å². The van der Waals surface area contributed by atoms with Crippen molar-refractivity contribution >= 4 is 12.4 Å². The van der Waals surface area contributed by atoms with Crippen LogP contribution in [0.3, 0.4) is 0 Å². The molecule has 0 amide bonds. The molecule has 1 atom stereocenters. The molecule has 0 aliphatic carbocycles. The Labute approximate surface area is 121 Å². The van der Waals surface area contributed by atoms with Gasteiger partial charge < -0.3 is 5.32 Å². The number of hydrogen-bond donors (Lipinski definition) is 1. The zero-order chi connectivity index (χ0) is 12.5. The molecule has 3 rings (SSSR count). The van der Waals surface area contributed by atoms with Gasteiger partial charge in [0, 0.05) is 12.6 Å². The van der Waals surface area contributed by atoms with E-state index in [0.29, 0.717) is 6.04 Å². The Morgan fingerprint density at radius 1 is 1.11 bits per heavy atom. The monoisotopic (exact) mass is 273 g/mol. The lowest BCUT2D eigenvalue weighted by atomic mass is 9.88. The summed E-state index contributed by atoms with van der Waals surface area (Å²) in [6, 6.07) is 16.0. The van der Waals surface area contributed by atoms with Gasteiger partial charge in [0.15, 0.2) is 0 Å². The number of aryl methyl sites for hydroxylation is 1. The summed E-state index contributed by atoms with van der Waals surface area (Å²) in [5, 5.41) is 3.57. The SMILES string of the molecule is Cc1cc2c(c(-c3ccccc3)c1)CNC(C)C2.Cl. The largest absolute Gasteiger partial charge is 0.310 e. The van der Waals surface area contributed by atoms with Crippen molar-refractivity contribution in [3.63, 3.8) is 0 Å². The fourth-order valence-corrected chi connectivity index (χ4v) is 2.84. The van der Waals surface area contributed by atoms with Gasteiger partial charge >= 0.3 is 0 Å². The minimum absolute atomic E-state index is 0. The molecule has 1 aliphatic rings.